The number of hydrogen-bond donors (Lipinski definition) is 1. The van der Waals surface area contributed by atoms with Crippen molar-refractivity contribution in [2.45, 2.75) is 31.7 Å². The van der Waals surface area contributed by atoms with E-state index in [1.807, 2.05) is 12.1 Å². The Kier molecular flexibility index (Phi) is 5.75. The minimum absolute atomic E-state index is 0.326. The summed E-state index contributed by atoms with van der Waals surface area (Å²) in [5.41, 5.74) is 0.932. The summed E-state index contributed by atoms with van der Waals surface area (Å²) in [7, 11) is 3.16. The summed E-state index contributed by atoms with van der Waals surface area (Å²) in [6.07, 6.45) is -6.11. The molecule has 1 saturated heterocycles. The molecule has 130 valence electrons. The fourth-order valence-electron chi connectivity index (χ4n) is 2.94. The van der Waals surface area contributed by atoms with Crippen LogP contribution < -0.4 is 9.47 Å². The van der Waals surface area contributed by atoms with Gasteiger partial charge in [-0.3, -0.25) is 4.90 Å². The molecule has 0 spiro atoms. The third-order valence-corrected chi connectivity index (χ3v) is 4.30. The van der Waals surface area contributed by atoms with E-state index in [1.165, 1.54) is 0 Å². The van der Waals surface area contributed by atoms with E-state index in [2.05, 4.69) is 4.90 Å². The number of alkyl halides is 3. The van der Waals surface area contributed by atoms with Crippen LogP contribution in [0.3, 0.4) is 0 Å². The Morgan fingerprint density at radius 1 is 1.22 bits per heavy atom. The number of aliphatic hydroxyl groups is 1. The molecule has 0 aromatic heterocycles. The Labute approximate surface area is 133 Å². The third kappa shape index (κ3) is 4.51. The minimum Gasteiger partial charge on any atom is -0.497 e. The van der Waals surface area contributed by atoms with Crippen LogP contribution in [-0.4, -0.2) is 49.6 Å². The van der Waals surface area contributed by atoms with Crippen LogP contribution in [0.4, 0.5) is 13.2 Å². The molecule has 1 aliphatic heterocycles. The Morgan fingerprint density at radius 2 is 1.87 bits per heavy atom. The second kappa shape index (κ2) is 7.40. The highest BCUT2D eigenvalue weighted by Gasteiger charge is 2.44. The number of hydrogen-bond acceptors (Lipinski definition) is 4. The maximum atomic E-state index is 12.6. The monoisotopic (exact) mass is 333 g/mol. The highest BCUT2D eigenvalue weighted by Crippen LogP contribution is 2.33. The van der Waals surface area contributed by atoms with E-state index < -0.39 is 18.2 Å². The number of aliphatic hydroxyl groups excluding tert-OH is 1. The van der Waals surface area contributed by atoms with Crippen LogP contribution in [0.5, 0.6) is 11.5 Å². The first kappa shape index (κ1) is 17.9. The number of likely N-dealkylation sites (tertiary alicyclic amines) is 1. The zero-order chi connectivity index (χ0) is 17.0. The lowest BCUT2D eigenvalue weighted by Gasteiger charge is -2.34. The summed E-state index contributed by atoms with van der Waals surface area (Å²) in [6.45, 7) is 1.60. The molecule has 1 atom stereocenters. The maximum Gasteiger partial charge on any atom is 0.414 e. The van der Waals surface area contributed by atoms with Crippen molar-refractivity contribution >= 4 is 0 Å². The van der Waals surface area contributed by atoms with Crippen LogP contribution in [0.25, 0.3) is 0 Å². The number of rotatable bonds is 5. The minimum atomic E-state index is -4.54. The molecular formula is C16H22F3NO3. The molecule has 0 amide bonds. The molecule has 4 nitrogen and oxygen atoms in total. The number of ether oxygens (including phenoxy) is 2. The van der Waals surface area contributed by atoms with E-state index >= 15 is 0 Å². The van der Waals surface area contributed by atoms with Gasteiger partial charge in [-0.15, -0.1) is 0 Å². The second-order valence-electron chi connectivity index (χ2n) is 5.78. The first-order valence-corrected chi connectivity index (χ1v) is 7.53. The Hall–Kier alpha value is -1.47. The molecular weight excluding hydrogens is 311 g/mol. The number of benzene rings is 1. The van der Waals surface area contributed by atoms with Gasteiger partial charge in [-0.05, 0) is 50.0 Å². The predicted molar refractivity (Wildman–Crippen MR) is 79.6 cm³/mol. The number of methoxy groups -OCH3 is 2. The van der Waals surface area contributed by atoms with Gasteiger partial charge in [-0.25, -0.2) is 0 Å². The fraction of sp³-hybridized carbons (Fsp3) is 0.625. The molecule has 0 aliphatic carbocycles. The van der Waals surface area contributed by atoms with E-state index in [4.69, 9.17) is 9.47 Å². The van der Waals surface area contributed by atoms with Crippen LogP contribution in [0.15, 0.2) is 18.2 Å². The van der Waals surface area contributed by atoms with Crippen LogP contribution in [-0.2, 0) is 6.54 Å². The zero-order valence-electron chi connectivity index (χ0n) is 13.3. The van der Waals surface area contributed by atoms with E-state index in [0.29, 0.717) is 38.2 Å². The van der Waals surface area contributed by atoms with Crippen molar-refractivity contribution in [3.63, 3.8) is 0 Å². The van der Waals surface area contributed by atoms with E-state index in [9.17, 15) is 18.3 Å². The van der Waals surface area contributed by atoms with Gasteiger partial charge >= 0.3 is 6.18 Å². The Morgan fingerprint density at radius 3 is 2.39 bits per heavy atom. The molecule has 1 fully saturated rings. The van der Waals surface area contributed by atoms with Gasteiger partial charge in [0.2, 0.25) is 0 Å². The van der Waals surface area contributed by atoms with Crippen LogP contribution in [0.2, 0.25) is 0 Å². The summed E-state index contributed by atoms with van der Waals surface area (Å²) in [6, 6.07) is 5.48. The van der Waals surface area contributed by atoms with Gasteiger partial charge in [0.05, 0.1) is 14.2 Å². The molecule has 1 N–H and O–H groups in total. The average molecular weight is 333 g/mol. The van der Waals surface area contributed by atoms with Gasteiger partial charge < -0.3 is 14.6 Å². The molecule has 7 heteroatoms. The fourth-order valence-corrected chi connectivity index (χ4v) is 2.94. The number of halogens is 3. The standard InChI is InChI=1S/C16H22F3NO3/c1-22-13-3-4-14(23-2)12(9-13)10-20-7-5-11(6-8-20)15(21)16(17,18)19/h3-4,9,11,15,21H,5-8,10H2,1-2H3. The van der Waals surface area contributed by atoms with Gasteiger partial charge in [0.1, 0.15) is 11.5 Å². The summed E-state index contributed by atoms with van der Waals surface area (Å²) in [5, 5.41) is 9.36. The number of piperidine rings is 1. The SMILES string of the molecule is COc1ccc(OC)c(CN2CCC(C(O)C(F)(F)F)CC2)c1. The molecule has 1 heterocycles. The summed E-state index contributed by atoms with van der Waals surface area (Å²) < 4.78 is 48.2. The predicted octanol–water partition coefficient (Wildman–Crippen LogP) is 2.84. The highest BCUT2D eigenvalue weighted by atomic mass is 19.4. The molecule has 1 unspecified atom stereocenters. The van der Waals surface area contributed by atoms with Crippen molar-refractivity contribution in [2.24, 2.45) is 5.92 Å². The molecule has 0 bridgehead atoms. The van der Waals surface area contributed by atoms with Crippen molar-refractivity contribution in [2.75, 3.05) is 27.3 Å². The molecule has 23 heavy (non-hydrogen) atoms. The van der Waals surface area contributed by atoms with Crippen molar-refractivity contribution < 1.29 is 27.8 Å². The third-order valence-electron chi connectivity index (χ3n) is 4.30. The van der Waals surface area contributed by atoms with Gasteiger partial charge in [-0.1, -0.05) is 0 Å². The van der Waals surface area contributed by atoms with Crippen molar-refractivity contribution in [1.29, 1.82) is 0 Å². The molecule has 1 aliphatic rings. The Balaban J connectivity index is 1.97. The van der Waals surface area contributed by atoms with Crippen molar-refractivity contribution in [3.05, 3.63) is 23.8 Å². The first-order chi connectivity index (χ1) is 10.8. The van der Waals surface area contributed by atoms with Crippen molar-refractivity contribution in [3.8, 4) is 11.5 Å². The van der Waals surface area contributed by atoms with Gasteiger partial charge in [0.15, 0.2) is 6.10 Å². The van der Waals surface area contributed by atoms with E-state index in [0.717, 1.165) is 11.3 Å². The smallest absolute Gasteiger partial charge is 0.414 e. The molecule has 1 aromatic carbocycles. The zero-order valence-corrected chi connectivity index (χ0v) is 13.3. The molecule has 2 rings (SSSR count). The molecule has 1 aromatic rings. The van der Waals surface area contributed by atoms with E-state index in [1.54, 1.807) is 20.3 Å². The topological polar surface area (TPSA) is 41.9 Å². The van der Waals surface area contributed by atoms with Crippen LogP contribution >= 0.6 is 0 Å². The lowest BCUT2D eigenvalue weighted by Crippen LogP contribution is -2.43. The Bertz CT molecular complexity index is 514. The van der Waals surface area contributed by atoms with Crippen molar-refractivity contribution in [1.82, 2.24) is 4.90 Å². The van der Waals surface area contributed by atoms with Gasteiger partial charge in [0.25, 0.3) is 0 Å². The second-order valence-corrected chi connectivity index (χ2v) is 5.78. The normalized spacial score (nSPS) is 18.7. The average Bonchev–Trinajstić information content (AvgIpc) is 2.54. The quantitative estimate of drug-likeness (QED) is 0.900. The summed E-state index contributed by atoms with van der Waals surface area (Å²) >= 11 is 0. The lowest BCUT2D eigenvalue weighted by molar-refractivity contribution is -0.223. The highest BCUT2D eigenvalue weighted by molar-refractivity contribution is 5.40. The summed E-state index contributed by atoms with van der Waals surface area (Å²) in [5.74, 6) is 0.713. The summed E-state index contributed by atoms with van der Waals surface area (Å²) in [4.78, 5) is 2.07. The van der Waals surface area contributed by atoms with E-state index in [-0.39, 0.29) is 0 Å². The molecule has 0 saturated carbocycles. The first-order valence-electron chi connectivity index (χ1n) is 7.53. The maximum absolute atomic E-state index is 12.6. The molecule has 0 radical (unpaired) electrons. The number of nitrogens with zero attached hydrogens (tertiary/aromatic N) is 1. The lowest BCUT2D eigenvalue weighted by atomic mass is 9.90. The van der Waals surface area contributed by atoms with Gasteiger partial charge in [-0.2, -0.15) is 13.2 Å². The van der Waals surface area contributed by atoms with Crippen LogP contribution in [0, 0.1) is 5.92 Å². The largest absolute Gasteiger partial charge is 0.497 e. The van der Waals surface area contributed by atoms with Crippen LogP contribution in [0.1, 0.15) is 18.4 Å². The van der Waals surface area contributed by atoms with Gasteiger partial charge in [0, 0.05) is 12.1 Å².